The monoisotopic (exact) mass is 481 g/mol. The highest BCUT2D eigenvalue weighted by molar-refractivity contribution is 5.82. The molecule has 0 spiro atoms. The maximum Gasteiger partial charge on any atom is 0.410 e. The first-order valence-electron chi connectivity index (χ1n) is 12.1. The van der Waals surface area contributed by atoms with Crippen LogP contribution < -0.4 is 15.2 Å². The number of fused-ring (bicyclic) bond motifs is 1. The van der Waals surface area contributed by atoms with Gasteiger partial charge in [-0.3, -0.25) is 0 Å². The van der Waals surface area contributed by atoms with Crippen LogP contribution in [0.4, 0.5) is 16.2 Å². The number of carbonyl (C=O) groups is 1. The third-order valence-corrected chi connectivity index (χ3v) is 6.46. The molecular weight excluding hydrogens is 442 g/mol. The van der Waals surface area contributed by atoms with E-state index in [1.807, 2.05) is 27.0 Å². The van der Waals surface area contributed by atoms with Crippen LogP contribution in [0.3, 0.4) is 0 Å². The van der Waals surface area contributed by atoms with Crippen molar-refractivity contribution in [2.24, 2.45) is 16.9 Å². The normalized spacial score (nSPS) is 20.9. The lowest BCUT2D eigenvalue weighted by Gasteiger charge is -2.43. The summed E-state index contributed by atoms with van der Waals surface area (Å²) in [5.41, 5.74) is 5.67. The van der Waals surface area contributed by atoms with Crippen molar-refractivity contribution in [3.63, 3.8) is 0 Å². The Morgan fingerprint density at radius 3 is 2.69 bits per heavy atom. The van der Waals surface area contributed by atoms with Crippen molar-refractivity contribution in [1.29, 1.82) is 5.26 Å². The van der Waals surface area contributed by atoms with Gasteiger partial charge in [-0.1, -0.05) is 6.58 Å². The molecule has 0 aromatic heterocycles. The second-order valence-electron chi connectivity index (χ2n) is 10.4. The number of rotatable bonds is 6. The molecule has 9 nitrogen and oxygen atoms in total. The van der Waals surface area contributed by atoms with Crippen LogP contribution in [0, 0.1) is 23.2 Å². The molecule has 3 rings (SSSR count). The van der Waals surface area contributed by atoms with Gasteiger partial charge in [0, 0.05) is 70.2 Å². The van der Waals surface area contributed by atoms with E-state index in [2.05, 4.69) is 63.0 Å². The summed E-state index contributed by atoms with van der Waals surface area (Å²) >= 11 is 0. The van der Waals surface area contributed by atoms with Crippen molar-refractivity contribution in [2.45, 2.75) is 45.9 Å². The number of amides is 1. The molecule has 0 saturated carbocycles. The molecule has 1 N–H and O–H groups in total. The molecule has 9 heteroatoms. The summed E-state index contributed by atoms with van der Waals surface area (Å²) in [6, 6.07) is 8.86. The zero-order valence-corrected chi connectivity index (χ0v) is 21.9. The Hall–Kier alpha value is -3.41. The van der Waals surface area contributed by atoms with Crippen molar-refractivity contribution in [1.82, 2.24) is 15.2 Å². The Bertz CT molecular complexity index is 975. The van der Waals surface area contributed by atoms with Crippen LogP contribution in [-0.4, -0.2) is 74.1 Å². The fraction of sp³-hybridized carbons (Fsp3) is 0.577. The minimum Gasteiger partial charge on any atom is -0.444 e. The average Bonchev–Trinajstić information content (AvgIpc) is 2.77. The van der Waals surface area contributed by atoms with Gasteiger partial charge < -0.3 is 29.8 Å². The molecule has 1 fully saturated rings. The number of carbonyl (C=O) groups excluding carboxylic acids is 1. The summed E-state index contributed by atoms with van der Waals surface area (Å²) in [7, 11) is 3.56. The van der Waals surface area contributed by atoms with Gasteiger partial charge in [0.2, 0.25) is 0 Å². The highest BCUT2D eigenvalue weighted by Gasteiger charge is 2.33. The third kappa shape index (κ3) is 6.38. The van der Waals surface area contributed by atoms with Gasteiger partial charge in [0.1, 0.15) is 11.9 Å². The first-order valence-corrected chi connectivity index (χ1v) is 12.1. The molecule has 1 amide bonds. The Morgan fingerprint density at radius 2 is 2.09 bits per heavy atom. The minimum absolute atomic E-state index is 0.0544. The van der Waals surface area contributed by atoms with Crippen molar-refractivity contribution in [3.8, 4) is 6.07 Å². The molecule has 1 aromatic carbocycles. The predicted molar refractivity (Wildman–Crippen MR) is 140 cm³/mol. The number of hydrogen-bond donors (Lipinski definition) is 1. The molecule has 190 valence electrons. The van der Waals surface area contributed by atoms with Crippen LogP contribution in [0.2, 0.25) is 0 Å². The van der Waals surface area contributed by atoms with Crippen LogP contribution in [0.1, 0.15) is 33.3 Å². The van der Waals surface area contributed by atoms with Crippen LogP contribution in [0.15, 0.2) is 36.1 Å². The van der Waals surface area contributed by atoms with Crippen molar-refractivity contribution in [3.05, 3.63) is 36.5 Å². The first kappa shape index (κ1) is 26.2. The summed E-state index contributed by atoms with van der Waals surface area (Å²) in [5, 5.41) is 14.0. The van der Waals surface area contributed by atoms with E-state index in [1.165, 1.54) is 0 Å². The second kappa shape index (κ2) is 10.9. The molecule has 1 saturated heterocycles. The third-order valence-electron chi connectivity index (χ3n) is 6.46. The molecule has 2 unspecified atom stereocenters. The lowest BCUT2D eigenvalue weighted by molar-refractivity contribution is 0.0265. The standard InChI is InChI=1S/C26H39N7O2/c1-8-31-16-21-11-23(32-14-20(15-32)13-30(7)25(34)35-26(3,4)5)9-10-24(21)33(18-29-28-6)19(2)22(12-27)17-31/h8-11,18-20,22,28H,1,13-17H2,2-7H3/b29-18-. The molecule has 0 radical (unpaired) electrons. The van der Waals surface area contributed by atoms with Gasteiger partial charge >= 0.3 is 6.09 Å². The van der Waals surface area contributed by atoms with Crippen molar-refractivity contribution >= 4 is 23.8 Å². The second-order valence-corrected chi connectivity index (χ2v) is 10.4. The topological polar surface area (TPSA) is 87.4 Å². The van der Waals surface area contributed by atoms with E-state index in [0.29, 0.717) is 25.6 Å². The molecule has 1 aromatic rings. The van der Waals surface area contributed by atoms with E-state index in [1.54, 1.807) is 25.3 Å². The first-order chi connectivity index (χ1) is 16.6. The van der Waals surface area contributed by atoms with E-state index < -0.39 is 5.60 Å². The number of hydrazone groups is 1. The lowest BCUT2D eigenvalue weighted by atomic mass is 9.95. The summed E-state index contributed by atoms with van der Waals surface area (Å²) in [6.07, 6.45) is 3.30. The molecule has 2 heterocycles. The van der Waals surface area contributed by atoms with E-state index in [4.69, 9.17) is 4.74 Å². The SMILES string of the molecule is C=CN1Cc2cc(N3CC(CN(C)C(=O)OC(C)(C)C)C3)ccc2N(/C=N\NC)C(C)C(C#N)C1. The van der Waals surface area contributed by atoms with Crippen molar-refractivity contribution in [2.75, 3.05) is 50.1 Å². The van der Waals surface area contributed by atoms with Crippen molar-refractivity contribution < 1.29 is 9.53 Å². The maximum absolute atomic E-state index is 12.3. The highest BCUT2D eigenvalue weighted by atomic mass is 16.6. The fourth-order valence-electron chi connectivity index (χ4n) is 4.52. The van der Waals surface area contributed by atoms with Gasteiger partial charge in [0.05, 0.1) is 12.0 Å². The number of nitriles is 1. The summed E-state index contributed by atoms with van der Waals surface area (Å²) < 4.78 is 5.47. The van der Waals surface area contributed by atoms with Crippen LogP contribution in [-0.2, 0) is 11.3 Å². The van der Waals surface area contributed by atoms with Gasteiger partial charge in [-0.2, -0.15) is 10.4 Å². The van der Waals surface area contributed by atoms with Gasteiger partial charge in [-0.05, 0) is 57.7 Å². The van der Waals surface area contributed by atoms with E-state index in [9.17, 15) is 10.1 Å². The number of anilines is 2. The van der Waals surface area contributed by atoms with E-state index >= 15 is 0 Å². The van der Waals surface area contributed by atoms with Gasteiger partial charge in [0.15, 0.2) is 0 Å². The number of nitrogens with zero attached hydrogens (tertiary/aromatic N) is 6. The van der Waals surface area contributed by atoms with Crippen LogP contribution in [0.5, 0.6) is 0 Å². The average molecular weight is 482 g/mol. The van der Waals surface area contributed by atoms with Gasteiger partial charge in [-0.15, -0.1) is 0 Å². The number of ether oxygens (including phenoxy) is 1. The molecule has 0 bridgehead atoms. The zero-order valence-electron chi connectivity index (χ0n) is 21.9. The zero-order chi connectivity index (χ0) is 25.8. The minimum atomic E-state index is -0.492. The molecule has 35 heavy (non-hydrogen) atoms. The molecule has 0 aliphatic carbocycles. The summed E-state index contributed by atoms with van der Waals surface area (Å²) in [4.78, 5) is 20.5. The fourth-order valence-corrected chi connectivity index (χ4v) is 4.52. The van der Waals surface area contributed by atoms with E-state index in [0.717, 1.165) is 30.0 Å². The van der Waals surface area contributed by atoms with E-state index in [-0.39, 0.29) is 18.1 Å². The molecule has 2 aliphatic rings. The number of nitrogens with one attached hydrogen (secondary N) is 1. The quantitative estimate of drug-likeness (QED) is 0.378. The summed E-state index contributed by atoms with van der Waals surface area (Å²) in [6.45, 7) is 15.4. The molecule has 2 atom stereocenters. The van der Waals surface area contributed by atoms with Crippen LogP contribution >= 0.6 is 0 Å². The Morgan fingerprint density at radius 1 is 1.37 bits per heavy atom. The largest absolute Gasteiger partial charge is 0.444 e. The smallest absolute Gasteiger partial charge is 0.410 e. The molecular formula is C26H39N7O2. The Kier molecular flexibility index (Phi) is 8.15. The summed E-state index contributed by atoms with van der Waals surface area (Å²) in [5.74, 6) is 0.206. The Labute approximate surface area is 209 Å². The highest BCUT2D eigenvalue weighted by Crippen LogP contribution is 2.34. The number of benzene rings is 1. The maximum atomic E-state index is 12.3. The predicted octanol–water partition coefficient (Wildman–Crippen LogP) is 3.45. The number of hydrogen-bond acceptors (Lipinski definition) is 7. The lowest BCUT2D eigenvalue weighted by Crippen LogP contribution is -2.52. The van der Waals surface area contributed by atoms with Gasteiger partial charge in [-0.25, -0.2) is 4.79 Å². The Balaban J connectivity index is 1.75. The van der Waals surface area contributed by atoms with Crippen LogP contribution in [0.25, 0.3) is 0 Å². The van der Waals surface area contributed by atoms with Gasteiger partial charge in [0.25, 0.3) is 0 Å². The molecule has 2 aliphatic heterocycles.